The van der Waals surface area contributed by atoms with Crippen molar-refractivity contribution in [3.05, 3.63) is 188 Å². The van der Waals surface area contributed by atoms with E-state index in [0.717, 1.165) is 62.2 Å². The minimum absolute atomic E-state index is 0.274. The van der Waals surface area contributed by atoms with Crippen LogP contribution < -0.4 is 5.32 Å². The number of hydrogen-bond donors (Lipinski definition) is 1. The summed E-state index contributed by atoms with van der Waals surface area (Å²) in [6.45, 7) is 4.75. The molecule has 4 aromatic carbocycles. The minimum Gasteiger partial charge on any atom is -0.329 e. The maximum atomic E-state index is 15.4. The van der Waals surface area contributed by atoms with E-state index in [-0.39, 0.29) is 41.3 Å². The maximum Gasteiger partial charge on any atom is 0.210 e. The molecule has 0 spiro atoms. The minimum atomic E-state index is -1.25. The fraction of sp³-hybridized carbons (Fsp3) is 0.170. The average Bonchev–Trinajstić information content (AvgIpc) is 3.76. The normalized spacial score (nSPS) is 14.1. The zero-order chi connectivity index (χ0) is 40.1. The van der Waals surface area contributed by atoms with Crippen LogP contribution in [-0.2, 0) is 23.2 Å². The van der Waals surface area contributed by atoms with E-state index >= 15 is 8.78 Å². The van der Waals surface area contributed by atoms with Crippen LogP contribution in [0.2, 0.25) is 10.3 Å². The molecule has 1 aliphatic rings. The third-order valence-electron chi connectivity index (χ3n) is 11.7. The first-order chi connectivity index (χ1) is 28.2. The van der Waals surface area contributed by atoms with Crippen molar-refractivity contribution in [1.82, 2.24) is 29.3 Å². The van der Waals surface area contributed by atoms with Gasteiger partial charge in [0.2, 0.25) is 6.41 Å². The van der Waals surface area contributed by atoms with Crippen LogP contribution in [0.25, 0.3) is 33.2 Å². The lowest BCUT2D eigenvalue weighted by atomic mass is 9.75. The van der Waals surface area contributed by atoms with Crippen molar-refractivity contribution < 1.29 is 13.6 Å². The molecule has 290 valence electrons. The SMILES string of the molecule is Cc1c(F)cccc1Cc1c(C2(c3c(Cc4cccc(F)c4C)n(-c4ccccc4)c4c(Cl)nccc34)CNCCN2C=O)c2ccnc(Cl)c2n1-c1ccccc1. The largest absolute Gasteiger partial charge is 0.329 e. The van der Waals surface area contributed by atoms with Crippen LogP contribution in [0.3, 0.4) is 0 Å². The van der Waals surface area contributed by atoms with E-state index in [4.69, 9.17) is 23.2 Å². The van der Waals surface area contributed by atoms with E-state index in [1.165, 1.54) is 12.1 Å². The van der Waals surface area contributed by atoms with Crippen LogP contribution in [0.1, 0.15) is 44.8 Å². The molecule has 8 aromatic rings. The van der Waals surface area contributed by atoms with Crippen molar-refractivity contribution in [2.24, 2.45) is 0 Å². The molecular weight excluding hydrogens is 773 g/mol. The standard InChI is InChI=1S/C47H38Cl2F2N6O/c1-29-31(11-9-17-37(29)50)25-39-41(35-19-21-53-45(48)43(35)56(39)33-13-5-3-6-14-33)47(27-52-23-24-55(47)28-58)42-36-20-22-54-46(49)44(36)57(34-15-7-4-8-16-34)40(42)26-32-12-10-18-38(51)30(32)2/h3-22,28,52H,23-27H2,1-2H3. The lowest BCUT2D eigenvalue weighted by Crippen LogP contribution is -2.59. The van der Waals surface area contributed by atoms with Gasteiger partial charge < -0.3 is 19.4 Å². The Balaban J connectivity index is 1.51. The highest BCUT2D eigenvalue weighted by atomic mass is 35.5. The second-order valence-corrected chi connectivity index (χ2v) is 15.4. The molecule has 1 aliphatic heterocycles. The van der Waals surface area contributed by atoms with Gasteiger partial charge in [-0.15, -0.1) is 0 Å². The van der Waals surface area contributed by atoms with Gasteiger partial charge in [0.25, 0.3) is 0 Å². The van der Waals surface area contributed by atoms with Crippen molar-refractivity contribution in [2.75, 3.05) is 19.6 Å². The molecule has 0 bridgehead atoms. The van der Waals surface area contributed by atoms with Gasteiger partial charge in [-0.25, -0.2) is 18.7 Å². The molecule has 11 heteroatoms. The fourth-order valence-electron chi connectivity index (χ4n) is 9.01. The number of rotatable bonds is 9. The van der Waals surface area contributed by atoms with E-state index in [2.05, 4.69) is 24.4 Å². The van der Waals surface area contributed by atoms with Crippen LogP contribution in [-0.4, -0.2) is 50.0 Å². The molecule has 0 radical (unpaired) electrons. The molecule has 9 rings (SSSR count). The van der Waals surface area contributed by atoms with Gasteiger partial charge in [-0.05, 0) is 84.6 Å². The summed E-state index contributed by atoms with van der Waals surface area (Å²) in [6.07, 6.45) is 4.84. The first kappa shape index (κ1) is 37.7. The van der Waals surface area contributed by atoms with Crippen LogP contribution >= 0.6 is 23.2 Å². The summed E-state index contributed by atoms with van der Waals surface area (Å²) in [4.78, 5) is 25.0. The van der Waals surface area contributed by atoms with Gasteiger partial charge in [-0.1, -0.05) is 83.9 Å². The molecule has 1 fully saturated rings. The highest BCUT2D eigenvalue weighted by molar-refractivity contribution is 6.34. The summed E-state index contributed by atoms with van der Waals surface area (Å²) in [5.41, 5.74) is 7.49. The van der Waals surface area contributed by atoms with Gasteiger partial charge in [-0.3, -0.25) is 4.79 Å². The number of hydrogen-bond acceptors (Lipinski definition) is 4. The first-order valence-corrected chi connectivity index (χ1v) is 19.9. The Hall–Kier alpha value is -5.87. The predicted molar refractivity (Wildman–Crippen MR) is 226 cm³/mol. The summed E-state index contributed by atoms with van der Waals surface area (Å²) in [6, 6.07) is 33.9. The fourth-order valence-corrected chi connectivity index (χ4v) is 9.50. The molecular formula is C47H38Cl2F2N6O. The van der Waals surface area contributed by atoms with Crippen molar-refractivity contribution in [3.63, 3.8) is 0 Å². The van der Waals surface area contributed by atoms with Gasteiger partial charge in [0.05, 0.1) is 11.0 Å². The number of halogens is 4. The van der Waals surface area contributed by atoms with E-state index in [0.29, 0.717) is 35.2 Å². The molecule has 1 saturated heterocycles. The number of nitrogens with zero attached hydrogens (tertiary/aromatic N) is 5. The molecule has 0 atom stereocenters. The van der Waals surface area contributed by atoms with Crippen molar-refractivity contribution in [3.8, 4) is 11.4 Å². The molecule has 1 amide bonds. The number of para-hydroxylation sites is 2. The Kier molecular flexibility index (Phi) is 9.84. The van der Waals surface area contributed by atoms with E-state index in [1.807, 2.05) is 89.8 Å². The Labute approximate surface area is 344 Å². The summed E-state index contributed by atoms with van der Waals surface area (Å²) < 4.78 is 35.1. The molecule has 4 aromatic heterocycles. The summed E-state index contributed by atoms with van der Waals surface area (Å²) in [5.74, 6) is -0.629. The number of amides is 1. The molecule has 58 heavy (non-hydrogen) atoms. The van der Waals surface area contributed by atoms with Gasteiger partial charge in [-0.2, -0.15) is 0 Å². The summed E-state index contributed by atoms with van der Waals surface area (Å²) >= 11 is 14.3. The van der Waals surface area contributed by atoms with Crippen LogP contribution in [0, 0.1) is 25.5 Å². The lowest BCUT2D eigenvalue weighted by Gasteiger charge is -2.47. The molecule has 0 unspecified atom stereocenters. The van der Waals surface area contributed by atoms with E-state index in [9.17, 15) is 4.79 Å². The Morgan fingerprint density at radius 1 is 0.672 bits per heavy atom. The van der Waals surface area contributed by atoms with Crippen LogP contribution in [0.4, 0.5) is 8.78 Å². The number of nitrogens with one attached hydrogen (secondary N) is 1. The third kappa shape index (κ3) is 5.99. The number of benzene rings is 4. The van der Waals surface area contributed by atoms with Crippen molar-refractivity contribution in [1.29, 1.82) is 0 Å². The van der Waals surface area contributed by atoms with E-state index in [1.54, 1.807) is 38.4 Å². The van der Waals surface area contributed by atoms with Crippen LogP contribution in [0.15, 0.2) is 122 Å². The molecule has 0 saturated carbocycles. The van der Waals surface area contributed by atoms with Crippen LogP contribution in [0.5, 0.6) is 0 Å². The molecule has 5 heterocycles. The van der Waals surface area contributed by atoms with Gasteiger partial charge in [0.15, 0.2) is 10.3 Å². The third-order valence-corrected chi connectivity index (χ3v) is 12.3. The number of fused-ring (bicyclic) bond motifs is 2. The van der Waals surface area contributed by atoms with Gasteiger partial charge >= 0.3 is 0 Å². The summed E-state index contributed by atoms with van der Waals surface area (Å²) in [7, 11) is 0. The smallest absolute Gasteiger partial charge is 0.210 e. The van der Waals surface area contributed by atoms with Crippen molar-refractivity contribution >= 4 is 51.4 Å². The molecule has 1 N–H and O–H groups in total. The Morgan fingerprint density at radius 3 is 1.59 bits per heavy atom. The topological polar surface area (TPSA) is 68.0 Å². The maximum absolute atomic E-state index is 15.4. The second-order valence-electron chi connectivity index (χ2n) is 14.7. The predicted octanol–water partition coefficient (Wildman–Crippen LogP) is 10.1. The van der Waals surface area contributed by atoms with E-state index < -0.39 is 5.54 Å². The first-order valence-electron chi connectivity index (χ1n) is 19.1. The molecule has 0 aliphatic carbocycles. The second kappa shape index (κ2) is 15.1. The zero-order valence-corrected chi connectivity index (χ0v) is 33.3. The Bertz CT molecular complexity index is 2680. The zero-order valence-electron chi connectivity index (χ0n) is 31.8. The number of piperazine rings is 1. The lowest BCUT2D eigenvalue weighted by molar-refractivity contribution is -0.124. The van der Waals surface area contributed by atoms with Crippen molar-refractivity contribution in [2.45, 2.75) is 32.2 Å². The number of carbonyl (C=O) groups excluding carboxylic acids is 1. The highest BCUT2D eigenvalue weighted by Crippen LogP contribution is 2.51. The van der Waals surface area contributed by atoms with Gasteiger partial charge in [0, 0.05) is 89.5 Å². The van der Waals surface area contributed by atoms with Gasteiger partial charge in [0.1, 0.15) is 17.2 Å². The molecule has 7 nitrogen and oxygen atoms in total. The number of pyridine rings is 2. The monoisotopic (exact) mass is 810 g/mol. The average molecular weight is 812 g/mol. The Morgan fingerprint density at radius 2 is 1.14 bits per heavy atom. The summed E-state index contributed by atoms with van der Waals surface area (Å²) in [5, 5.41) is 5.78. The highest BCUT2D eigenvalue weighted by Gasteiger charge is 2.50. The number of carbonyl (C=O) groups is 1. The number of aromatic nitrogens is 4. The quantitative estimate of drug-likeness (QED) is 0.117.